The number of hydrogen-bond acceptors (Lipinski definition) is 0. The van der Waals surface area contributed by atoms with Crippen LogP contribution < -0.4 is 0 Å². The molecule has 0 bridgehead atoms. The summed E-state index contributed by atoms with van der Waals surface area (Å²) in [5, 5.41) is 18.9. The van der Waals surface area contributed by atoms with E-state index in [0.717, 1.165) is 0 Å². The normalized spacial score (nSPS) is 12.9. The van der Waals surface area contributed by atoms with Gasteiger partial charge < -0.3 is 0 Å². The highest BCUT2D eigenvalue weighted by molar-refractivity contribution is 6.48. The molecule has 11 aromatic carbocycles. The van der Waals surface area contributed by atoms with Crippen LogP contribution in [0, 0.1) is 0 Å². The highest BCUT2D eigenvalue weighted by Crippen LogP contribution is 2.55. The zero-order valence-electron chi connectivity index (χ0n) is 29.4. The Morgan fingerprint density at radius 1 is 0.308 bits per heavy atom. The van der Waals surface area contributed by atoms with E-state index in [0.29, 0.717) is 0 Å². The first-order chi connectivity index (χ1) is 25.5. The third kappa shape index (κ3) is 3.52. The zero-order chi connectivity index (χ0) is 34.5. The van der Waals surface area contributed by atoms with Crippen molar-refractivity contribution in [2.24, 2.45) is 0 Å². The van der Waals surface area contributed by atoms with Gasteiger partial charge in [-0.15, -0.1) is 0 Å². The smallest absolute Gasteiger partial charge is 0.000697 e. The lowest BCUT2D eigenvalue weighted by Gasteiger charge is -2.20. The SMILES string of the molecule is CC(C)(C)c1ccc2c(c1)-c1cccc3c(-c4cc5c(-c6ccccc6)c6c7cccc8cccc(c87)c6c6c7ccccc7c(c4)c56)ccc-2c13. The van der Waals surface area contributed by atoms with Gasteiger partial charge in [-0.1, -0.05) is 154 Å². The summed E-state index contributed by atoms with van der Waals surface area (Å²) in [6.07, 6.45) is 0. The summed E-state index contributed by atoms with van der Waals surface area (Å²) in [6, 6.07) is 57.7. The van der Waals surface area contributed by atoms with Crippen LogP contribution in [0.2, 0.25) is 0 Å². The van der Waals surface area contributed by atoms with E-state index in [2.05, 4.69) is 172 Å². The summed E-state index contributed by atoms with van der Waals surface area (Å²) in [7, 11) is 0. The zero-order valence-corrected chi connectivity index (χ0v) is 29.4. The predicted octanol–water partition coefficient (Wildman–Crippen LogP) is 14.9. The van der Waals surface area contributed by atoms with Crippen LogP contribution in [0.5, 0.6) is 0 Å². The molecule has 0 radical (unpaired) electrons. The molecule has 0 unspecified atom stereocenters. The predicted molar refractivity (Wildman–Crippen MR) is 225 cm³/mol. The Morgan fingerprint density at radius 3 is 1.73 bits per heavy atom. The highest BCUT2D eigenvalue weighted by Gasteiger charge is 2.28. The maximum Gasteiger partial charge on any atom is -0.000697 e. The van der Waals surface area contributed by atoms with Gasteiger partial charge in [0.2, 0.25) is 0 Å². The number of hydrogen-bond donors (Lipinski definition) is 0. The fraction of sp³-hybridized carbons (Fsp3) is 0.0769. The van der Waals surface area contributed by atoms with Crippen molar-refractivity contribution < 1.29 is 0 Å². The van der Waals surface area contributed by atoms with Gasteiger partial charge in [0.25, 0.3) is 0 Å². The highest BCUT2D eigenvalue weighted by atomic mass is 14.3. The molecule has 1 aliphatic carbocycles. The lowest BCUT2D eigenvalue weighted by atomic mass is 9.85. The molecular formula is C52H34. The lowest BCUT2D eigenvalue weighted by molar-refractivity contribution is 0.590. The van der Waals surface area contributed by atoms with Crippen molar-refractivity contribution in [3.63, 3.8) is 0 Å². The number of rotatable bonds is 2. The van der Waals surface area contributed by atoms with Crippen molar-refractivity contribution >= 4 is 75.4 Å². The van der Waals surface area contributed by atoms with Gasteiger partial charge in [0.1, 0.15) is 0 Å². The number of benzene rings is 9. The van der Waals surface area contributed by atoms with Crippen molar-refractivity contribution in [1.82, 2.24) is 0 Å². The molecule has 0 spiro atoms. The maximum atomic E-state index is 2.52. The van der Waals surface area contributed by atoms with Gasteiger partial charge in [-0.05, 0) is 149 Å². The van der Waals surface area contributed by atoms with Crippen LogP contribution >= 0.6 is 0 Å². The average Bonchev–Trinajstić information content (AvgIpc) is 3.80. The molecule has 0 fully saturated rings. The minimum atomic E-state index is 0.0926. The molecule has 11 aromatic rings. The fourth-order valence-corrected chi connectivity index (χ4v) is 9.97. The first-order valence-corrected chi connectivity index (χ1v) is 18.5. The lowest BCUT2D eigenvalue weighted by Crippen LogP contribution is -2.10. The maximum absolute atomic E-state index is 2.52. The Kier molecular flexibility index (Phi) is 5.34. The van der Waals surface area contributed by atoms with Crippen LogP contribution in [0.4, 0.5) is 0 Å². The van der Waals surface area contributed by atoms with E-state index in [1.54, 1.807) is 0 Å². The molecule has 12 rings (SSSR count). The van der Waals surface area contributed by atoms with Gasteiger partial charge >= 0.3 is 0 Å². The summed E-state index contributed by atoms with van der Waals surface area (Å²) in [5.41, 5.74) is 12.0. The molecule has 0 nitrogen and oxygen atoms in total. The molecule has 52 heavy (non-hydrogen) atoms. The number of fused-ring (bicyclic) bond motifs is 10. The summed E-state index contributed by atoms with van der Waals surface area (Å²) in [6.45, 7) is 6.92. The molecule has 0 heteroatoms. The average molecular weight is 659 g/mol. The van der Waals surface area contributed by atoms with Gasteiger partial charge in [0.05, 0.1) is 0 Å². The molecule has 242 valence electrons. The standard InChI is InChI=1S/C52H34/c1-52(2,3)32-22-23-35-39-25-24-33(36-18-11-19-38(47(36)39)42(35)28-32)31-26-43-34-16-7-8-17-37(34)49-48(43)44(27-31)46(30-12-5-4-6-13-30)50-40-20-9-14-29-15-10-21-41(45(29)40)51(49)50/h4-28H,1-3H3. The van der Waals surface area contributed by atoms with E-state index >= 15 is 0 Å². The monoisotopic (exact) mass is 658 g/mol. The van der Waals surface area contributed by atoms with Crippen molar-refractivity contribution in [3.05, 3.63) is 157 Å². The molecule has 0 aromatic heterocycles. The molecule has 0 heterocycles. The van der Waals surface area contributed by atoms with Gasteiger partial charge in [-0.25, -0.2) is 0 Å². The third-order valence-corrected chi connectivity index (χ3v) is 12.2. The van der Waals surface area contributed by atoms with Crippen LogP contribution in [0.1, 0.15) is 26.3 Å². The van der Waals surface area contributed by atoms with Crippen LogP contribution in [0.15, 0.2) is 152 Å². The molecule has 0 aliphatic heterocycles. The van der Waals surface area contributed by atoms with E-state index in [4.69, 9.17) is 0 Å². The second-order valence-electron chi connectivity index (χ2n) is 16.0. The molecule has 0 amide bonds. The second-order valence-corrected chi connectivity index (χ2v) is 16.0. The molecule has 1 aliphatic rings. The Hall–Kier alpha value is -6.24. The summed E-state index contributed by atoms with van der Waals surface area (Å²) in [5.74, 6) is 0. The molecule has 0 N–H and O–H groups in total. The Morgan fingerprint density at radius 2 is 0.923 bits per heavy atom. The molecule has 0 saturated heterocycles. The van der Waals surface area contributed by atoms with Gasteiger partial charge in [0, 0.05) is 0 Å². The van der Waals surface area contributed by atoms with Crippen molar-refractivity contribution in [2.45, 2.75) is 26.2 Å². The topological polar surface area (TPSA) is 0 Å². The quantitative estimate of drug-likeness (QED) is 0.173. The van der Waals surface area contributed by atoms with E-state index in [1.807, 2.05) is 0 Å². The van der Waals surface area contributed by atoms with E-state index in [9.17, 15) is 0 Å². The fourth-order valence-electron chi connectivity index (χ4n) is 9.97. The second kappa shape index (κ2) is 9.75. The van der Waals surface area contributed by atoms with Gasteiger partial charge in [0.15, 0.2) is 0 Å². The Bertz CT molecular complexity index is 3290. The van der Waals surface area contributed by atoms with Crippen LogP contribution in [-0.2, 0) is 5.41 Å². The minimum absolute atomic E-state index is 0.0926. The third-order valence-electron chi connectivity index (χ3n) is 12.2. The summed E-state index contributed by atoms with van der Waals surface area (Å²) in [4.78, 5) is 0. The Balaban J connectivity index is 1.26. The summed E-state index contributed by atoms with van der Waals surface area (Å²) < 4.78 is 0. The van der Waals surface area contributed by atoms with Crippen molar-refractivity contribution in [2.75, 3.05) is 0 Å². The summed E-state index contributed by atoms with van der Waals surface area (Å²) >= 11 is 0. The molecule has 0 saturated carbocycles. The van der Waals surface area contributed by atoms with E-state index in [-0.39, 0.29) is 5.41 Å². The molecule has 0 atom stereocenters. The van der Waals surface area contributed by atoms with Crippen LogP contribution in [0.25, 0.3) is 120 Å². The van der Waals surface area contributed by atoms with Crippen molar-refractivity contribution in [3.8, 4) is 44.5 Å². The molecular weight excluding hydrogens is 625 g/mol. The van der Waals surface area contributed by atoms with Gasteiger partial charge in [-0.3, -0.25) is 0 Å². The van der Waals surface area contributed by atoms with Crippen LogP contribution in [0.3, 0.4) is 0 Å². The first-order valence-electron chi connectivity index (χ1n) is 18.5. The van der Waals surface area contributed by atoms with Crippen molar-refractivity contribution in [1.29, 1.82) is 0 Å². The van der Waals surface area contributed by atoms with Crippen LogP contribution in [-0.4, -0.2) is 0 Å². The van der Waals surface area contributed by atoms with Gasteiger partial charge in [-0.2, -0.15) is 0 Å². The minimum Gasteiger partial charge on any atom is -0.0622 e. The van der Waals surface area contributed by atoms with E-state index < -0.39 is 0 Å². The van der Waals surface area contributed by atoms with E-state index in [1.165, 1.54) is 125 Å². The largest absolute Gasteiger partial charge is 0.0622 e. The Labute approximate surface area is 302 Å². The first kappa shape index (κ1) is 28.5.